The van der Waals surface area contributed by atoms with Crippen molar-refractivity contribution in [3.63, 3.8) is 0 Å². The van der Waals surface area contributed by atoms with Crippen molar-refractivity contribution in [2.24, 2.45) is 5.41 Å². The largest absolute Gasteiger partial charge is 0.480 e. The first-order valence-electron chi connectivity index (χ1n) is 6.87. The van der Waals surface area contributed by atoms with Crippen molar-refractivity contribution in [1.29, 1.82) is 0 Å². The minimum Gasteiger partial charge on any atom is -0.480 e. The molecule has 0 aromatic carbocycles. The molecule has 1 atom stereocenters. The van der Waals surface area contributed by atoms with Crippen molar-refractivity contribution in [2.45, 2.75) is 45.6 Å². The van der Waals surface area contributed by atoms with Crippen LogP contribution in [0, 0.1) is 5.41 Å². The fraction of sp³-hybridized carbons (Fsp3) is 0.846. The van der Waals surface area contributed by atoms with E-state index < -0.39 is 24.6 Å². The lowest BCUT2D eigenvalue weighted by atomic mass is 9.74. The molecule has 0 bridgehead atoms. The van der Waals surface area contributed by atoms with Gasteiger partial charge in [-0.15, -0.1) is 0 Å². The molecule has 2 amide bonds. The van der Waals surface area contributed by atoms with Gasteiger partial charge in [0.25, 0.3) is 0 Å². The van der Waals surface area contributed by atoms with Crippen molar-refractivity contribution in [3.05, 3.63) is 0 Å². The number of aliphatic hydroxyl groups is 1. The summed E-state index contributed by atoms with van der Waals surface area (Å²) < 4.78 is 0. The number of carbonyl (C=O) groups is 2. The van der Waals surface area contributed by atoms with Gasteiger partial charge >= 0.3 is 12.0 Å². The van der Waals surface area contributed by atoms with Crippen molar-refractivity contribution in [1.82, 2.24) is 10.2 Å². The number of nitrogens with one attached hydrogen (secondary N) is 1. The Kier molecular flexibility index (Phi) is 5.60. The molecule has 0 aromatic rings. The molecule has 3 N–H and O–H groups in total. The standard InChI is InChI=1S/C13H24N2O4/c1-3-13(4-2)5-7-15(8-6-13)12(19)14-10(9-16)11(17)18/h10,16H,3-9H2,1-2H3,(H,14,19)(H,17,18)/t10-/m0/s1. The van der Waals surface area contributed by atoms with Crippen LogP contribution in [0.1, 0.15) is 39.5 Å². The third-order valence-electron chi connectivity index (χ3n) is 4.39. The number of hydrogen-bond acceptors (Lipinski definition) is 3. The Balaban J connectivity index is 2.51. The summed E-state index contributed by atoms with van der Waals surface area (Å²) in [6.07, 6.45) is 4.11. The summed E-state index contributed by atoms with van der Waals surface area (Å²) in [5.41, 5.74) is 0.319. The van der Waals surface area contributed by atoms with Crippen molar-refractivity contribution in [2.75, 3.05) is 19.7 Å². The Hall–Kier alpha value is -1.30. The Morgan fingerprint density at radius 1 is 1.26 bits per heavy atom. The molecule has 0 radical (unpaired) electrons. The predicted molar refractivity (Wildman–Crippen MR) is 70.9 cm³/mol. The number of hydrogen-bond donors (Lipinski definition) is 3. The van der Waals surface area contributed by atoms with E-state index in [1.807, 2.05) is 0 Å². The van der Waals surface area contributed by atoms with Crippen LogP contribution in [0.25, 0.3) is 0 Å². The highest BCUT2D eigenvalue weighted by Gasteiger charge is 2.33. The Bertz CT molecular complexity index is 319. The molecular formula is C13H24N2O4. The molecule has 0 aliphatic carbocycles. The first kappa shape index (κ1) is 15.8. The number of carboxylic acids is 1. The Morgan fingerprint density at radius 3 is 2.16 bits per heavy atom. The Labute approximate surface area is 113 Å². The van der Waals surface area contributed by atoms with Crippen molar-refractivity contribution in [3.8, 4) is 0 Å². The molecule has 0 unspecified atom stereocenters. The number of likely N-dealkylation sites (tertiary alicyclic amines) is 1. The average Bonchev–Trinajstić information content (AvgIpc) is 2.44. The van der Waals surface area contributed by atoms with E-state index in [0.29, 0.717) is 18.5 Å². The van der Waals surface area contributed by atoms with Crippen LogP contribution in [-0.4, -0.2) is 52.9 Å². The summed E-state index contributed by atoms with van der Waals surface area (Å²) >= 11 is 0. The van der Waals surface area contributed by atoms with Gasteiger partial charge in [-0.3, -0.25) is 0 Å². The van der Waals surface area contributed by atoms with Gasteiger partial charge in [-0.1, -0.05) is 26.7 Å². The summed E-state index contributed by atoms with van der Waals surface area (Å²) in [5.74, 6) is -1.22. The summed E-state index contributed by atoms with van der Waals surface area (Å²) in [5, 5.41) is 20.0. The van der Waals surface area contributed by atoms with Gasteiger partial charge in [0.1, 0.15) is 0 Å². The zero-order valence-electron chi connectivity index (χ0n) is 11.7. The molecule has 6 heteroatoms. The number of aliphatic hydroxyl groups excluding tert-OH is 1. The van der Waals surface area contributed by atoms with Crippen LogP contribution in [0.4, 0.5) is 4.79 Å². The second kappa shape index (κ2) is 6.75. The van der Waals surface area contributed by atoms with E-state index in [4.69, 9.17) is 10.2 Å². The molecular weight excluding hydrogens is 248 g/mol. The number of carboxylic acid groups (broad SMARTS) is 1. The van der Waals surface area contributed by atoms with E-state index >= 15 is 0 Å². The van der Waals surface area contributed by atoms with Crippen LogP contribution in [0.3, 0.4) is 0 Å². The number of carbonyl (C=O) groups excluding carboxylic acids is 1. The van der Waals surface area contributed by atoms with Crippen LogP contribution in [0.5, 0.6) is 0 Å². The number of aliphatic carboxylic acids is 1. The highest BCUT2D eigenvalue weighted by Crippen LogP contribution is 2.37. The fourth-order valence-electron chi connectivity index (χ4n) is 2.57. The lowest BCUT2D eigenvalue weighted by molar-refractivity contribution is -0.140. The number of urea groups is 1. The summed E-state index contributed by atoms with van der Waals surface area (Å²) in [4.78, 5) is 24.3. The zero-order chi connectivity index (χ0) is 14.5. The van der Waals surface area contributed by atoms with Gasteiger partial charge in [-0.2, -0.15) is 0 Å². The molecule has 1 aliphatic heterocycles. The van der Waals surface area contributed by atoms with Crippen molar-refractivity contribution >= 4 is 12.0 Å². The molecule has 0 aromatic heterocycles. The highest BCUT2D eigenvalue weighted by molar-refractivity contribution is 5.82. The van der Waals surface area contributed by atoms with E-state index in [1.165, 1.54) is 0 Å². The summed E-state index contributed by atoms with van der Waals surface area (Å²) in [6.45, 7) is 5.04. The first-order valence-corrected chi connectivity index (χ1v) is 6.87. The van der Waals surface area contributed by atoms with Crippen LogP contribution >= 0.6 is 0 Å². The minimum absolute atomic E-state index is 0.319. The van der Waals surface area contributed by atoms with Gasteiger partial charge < -0.3 is 20.4 Å². The van der Waals surface area contributed by atoms with Gasteiger partial charge in [-0.25, -0.2) is 9.59 Å². The molecule has 6 nitrogen and oxygen atoms in total. The van der Waals surface area contributed by atoms with Crippen LogP contribution < -0.4 is 5.32 Å². The maximum atomic E-state index is 11.9. The molecule has 0 saturated carbocycles. The maximum absolute atomic E-state index is 11.9. The van der Waals surface area contributed by atoms with E-state index in [1.54, 1.807) is 4.90 Å². The van der Waals surface area contributed by atoms with Crippen LogP contribution in [0.2, 0.25) is 0 Å². The monoisotopic (exact) mass is 272 g/mol. The normalized spacial score (nSPS) is 19.8. The average molecular weight is 272 g/mol. The van der Waals surface area contributed by atoms with E-state index in [9.17, 15) is 9.59 Å². The number of piperidine rings is 1. The summed E-state index contributed by atoms with van der Waals surface area (Å²) in [7, 11) is 0. The summed E-state index contributed by atoms with van der Waals surface area (Å²) in [6, 6.07) is -1.63. The lowest BCUT2D eigenvalue weighted by Gasteiger charge is -2.41. The molecule has 1 aliphatic rings. The fourth-order valence-corrected chi connectivity index (χ4v) is 2.57. The Morgan fingerprint density at radius 2 is 1.79 bits per heavy atom. The molecule has 1 heterocycles. The number of nitrogens with zero attached hydrogens (tertiary/aromatic N) is 1. The van der Waals surface area contributed by atoms with Gasteiger partial charge in [0.05, 0.1) is 6.61 Å². The molecule has 1 saturated heterocycles. The van der Waals surface area contributed by atoms with E-state index in [0.717, 1.165) is 25.7 Å². The second-order valence-electron chi connectivity index (χ2n) is 5.22. The SMILES string of the molecule is CCC1(CC)CCN(C(=O)N[C@@H](CO)C(=O)O)CC1. The topological polar surface area (TPSA) is 89.9 Å². The van der Waals surface area contributed by atoms with Gasteiger partial charge in [0.2, 0.25) is 0 Å². The second-order valence-corrected chi connectivity index (χ2v) is 5.22. The van der Waals surface area contributed by atoms with Crippen LogP contribution in [0.15, 0.2) is 0 Å². The third-order valence-corrected chi connectivity index (χ3v) is 4.39. The molecule has 0 spiro atoms. The van der Waals surface area contributed by atoms with Crippen LogP contribution in [-0.2, 0) is 4.79 Å². The maximum Gasteiger partial charge on any atom is 0.328 e. The minimum atomic E-state index is -1.23. The first-order chi connectivity index (χ1) is 8.98. The van der Waals surface area contributed by atoms with E-state index in [-0.39, 0.29) is 0 Å². The van der Waals surface area contributed by atoms with Gasteiger partial charge in [-0.05, 0) is 18.3 Å². The smallest absolute Gasteiger partial charge is 0.328 e. The van der Waals surface area contributed by atoms with Gasteiger partial charge in [0.15, 0.2) is 6.04 Å². The van der Waals surface area contributed by atoms with E-state index in [2.05, 4.69) is 19.2 Å². The molecule has 1 fully saturated rings. The number of rotatable bonds is 5. The molecule has 19 heavy (non-hydrogen) atoms. The van der Waals surface area contributed by atoms with Crippen molar-refractivity contribution < 1.29 is 19.8 Å². The molecule has 110 valence electrons. The molecule has 1 rings (SSSR count). The van der Waals surface area contributed by atoms with Gasteiger partial charge in [0, 0.05) is 13.1 Å². The number of amides is 2. The third kappa shape index (κ3) is 3.83. The predicted octanol–water partition coefficient (Wildman–Crippen LogP) is 1.04. The highest BCUT2D eigenvalue weighted by atomic mass is 16.4. The quantitative estimate of drug-likeness (QED) is 0.697. The lowest BCUT2D eigenvalue weighted by Crippen LogP contribution is -2.52. The zero-order valence-corrected chi connectivity index (χ0v) is 11.7.